The van der Waals surface area contributed by atoms with E-state index in [2.05, 4.69) is 0 Å². The summed E-state index contributed by atoms with van der Waals surface area (Å²) in [6.45, 7) is 0. The van der Waals surface area contributed by atoms with Gasteiger partial charge in [-0.2, -0.15) is 0 Å². The number of esters is 2. The first-order chi connectivity index (χ1) is 11.1. The molecule has 1 heterocycles. The fourth-order valence-corrected chi connectivity index (χ4v) is 2.52. The van der Waals surface area contributed by atoms with Crippen LogP contribution in [0.15, 0.2) is 64.9 Å². The highest BCUT2D eigenvalue weighted by Gasteiger charge is 2.27. The number of anilines is 1. The molecule has 0 atom stereocenters. The second kappa shape index (κ2) is 7.69. The van der Waals surface area contributed by atoms with Crippen LogP contribution in [0.3, 0.4) is 0 Å². The van der Waals surface area contributed by atoms with E-state index in [9.17, 15) is 9.59 Å². The number of hydrogen-bond acceptors (Lipinski definition) is 6. The normalized spacial score (nSPS) is 13.8. The molecule has 6 heteroatoms. The summed E-state index contributed by atoms with van der Waals surface area (Å²) in [5, 5.41) is 0. The van der Waals surface area contributed by atoms with Crippen molar-refractivity contribution < 1.29 is 19.1 Å². The van der Waals surface area contributed by atoms with Crippen molar-refractivity contribution in [3.8, 4) is 0 Å². The molecule has 1 aromatic carbocycles. The Balaban J connectivity index is 2.57. The second-order valence-electron chi connectivity index (χ2n) is 4.51. The number of allylic oxidation sites excluding steroid dienone is 2. The number of ether oxygens (including phenoxy) is 2. The van der Waals surface area contributed by atoms with Gasteiger partial charge in [0.2, 0.25) is 0 Å². The molecular formula is C17H17NO4S. The van der Waals surface area contributed by atoms with E-state index in [4.69, 9.17) is 9.47 Å². The number of carbonyl (C=O) groups is 2. The van der Waals surface area contributed by atoms with Crippen molar-refractivity contribution in [2.24, 2.45) is 0 Å². The third-order valence-electron chi connectivity index (χ3n) is 3.24. The molecule has 0 unspecified atom stereocenters. The third kappa shape index (κ3) is 3.65. The van der Waals surface area contributed by atoms with E-state index in [0.29, 0.717) is 0 Å². The zero-order valence-electron chi connectivity index (χ0n) is 13.1. The van der Waals surface area contributed by atoms with Crippen LogP contribution in [0.5, 0.6) is 0 Å². The molecule has 0 bridgehead atoms. The average Bonchev–Trinajstić information content (AvgIpc) is 2.83. The molecule has 0 aliphatic carbocycles. The number of carbonyl (C=O) groups excluding carboxylic acids is 2. The molecular weight excluding hydrogens is 314 g/mol. The monoisotopic (exact) mass is 331 g/mol. The van der Waals surface area contributed by atoms with Crippen LogP contribution in [0.25, 0.3) is 0 Å². The third-order valence-corrected chi connectivity index (χ3v) is 3.98. The number of benzene rings is 1. The van der Waals surface area contributed by atoms with Gasteiger partial charge >= 0.3 is 11.9 Å². The lowest BCUT2D eigenvalue weighted by Crippen LogP contribution is -2.26. The van der Waals surface area contributed by atoms with Gasteiger partial charge in [-0.1, -0.05) is 6.08 Å². The highest BCUT2D eigenvalue weighted by Crippen LogP contribution is 2.27. The molecule has 1 aliphatic rings. The first-order valence-corrected chi connectivity index (χ1v) is 8.04. The van der Waals surface area contributed by atoms with Crippen molar-refractivity contribution in [3.63, 3.8) is 0 Å². The molecule has 5 nitrogen and oxygen atoms in total. The van der Waals surface area contributed by atoms with Gasteiger partial charge in [0, 0.05) is 16.8 Å². The minimum Gasteiger partial charge on any atom is -0.465 e. The van der Waals surface area contributed by atoms with E-state index >= 15 is 0 Å². The van der Waals surface area contributed by atoms with Crippen molar-refractivity contribution in [2.45, 2.75) is 4.90 Å². The summed E-state index contributed by atoms with van der Waals surface area (Å²) in [4.78, 5) is 27.0. The maximum Gasteiger partial charge on any atom is 0.355 e. The Bertz CT molecular complexity index is 689. The predicted octanol–water partition coefficient (Wildman–Crippen LogP) is 2.90. The van der Waals surface area contributed by atoms with Gasteiger partial charge in [-0.05, 0) is 42.7 Å². The Morgan fingerprint density at radius 3 is 2.22 bits per heavy atom. The van der Waals surface area contributed by atoms with Gasteiger partial charge in [0.05, 0.1) is 19.8 Å². The summed E-state index contributed by atoms with van der Waals surface area (Å²) in [6, 6.07) is 7.64. The average molecular weight is 331 g/mol. The van der Waals surface area contributed by atoms with Gasteiger partial charge in [0.15, 0.2) is 0 Å². The van der Waals surface area contributed by atoms with Crippen molar-refractivity contribution in [2.75, 3.05) is 25.4 Å². The van der Waals surface area contributed by atoms with Crippen molar-refractivity contribution in [1.82, 2.24) is 0 Å². The van der Waals surface area contributed by atoms with Crippen molar-refractivity contribution >= 4 is 29.4 Å². The summed E-state index contributed by atoms with van der Waals surface area (Å²) in [5.74, 6) is -1.22. The Morgan fingerprint density at radius 2 is 1.65 bits per heavy atom. The smallest absolute Gasteiger partial charge is 0.355 e. The molecule has 1 aliphatic heterocycles. The fourth-order valence-electron chi connectivity index (χ4n) is 2.11. The Morgan fingerprint density at radius 1 is 1.00 bits per heavy atom. The Labute approximate surface area is 139 Å². The van der Waals surface area contributed by atoms with Crippen LogP contribution in [-0.4, -0.2) is 32.4 Å². The van der Waals surface area contributed by atoms with E-state index in [1.807, 2.05) is 30.5 Å². The maximum atomic E-state index is 12.3. The lowest BCUT2D eigenvalue weighted by Gasteiger charge is -2.23. The number of methoxy groups -OCH3 is 2. The van der Waals surface area contributed by atoms with E-state index in [0.717, 1.165) is 10.6 Å². The largest absolute Gasteiger partial charge is 0.465 e. The molecule has 0 N–H and O–H groups in total. The quantitative estimate of drug-likeness (QED) is 0.625. The molecule has 120 valence electrons. The number of thioether (sulfide) groups is 1. The minimum absolute atomic E-state index is 0.112. The topological polar surface area (TPSA) is 55.8 Å². The molecule has 0 saturated heterocycles. The molecule has 23 heavy (non-hydrogen) atoms. The van der Waals surface area contributed by atoms with Gasteiger partial charge in [-0.15, -0.1) is 11.8 Å². The molecule has 2 rings (SSSR count). The van der Waals surface area contributed by atoms with Crippen molar-refractivity contribution in [1.29, 1.82) is 0 Å². The second-order valence-corrected chi connectivity index (χ2v) is 5.39. The summed E-state index contributed by atoms with van der Waals surface area (Å²) < 4.78 is 9.63. The van der Waals surface area contributed by atoms with Crippen LogP contribution in [0.2, 0.25) is 0 Å². The Hall–Kier alpha value is -2.47. The van der Waals surface area contributed by atoms with E-state index in [-0.39, 0.29) is 11.3 Å². The molecule has 0 amide bonds. The van der Waals surface area contributed by atoms with Crippen LogP contribution < -0.4 is 4.90 Å². The van der Waals surface area contributed by atoms with Gasteiger partial charge < -0.3 is 14.4 Å². The predicted molar refractivity (Wildman–Crippen MR) is 90.0 cm³/mol. The summed E-state index contributed by atoms with van der Waals surface area (Å²) in [7, 11) is 2.55. The standard InChI is InChI=1S/C17H17NO4S/c1-21-16(19)14-6-4-5-11-18(15(14)17(20)22-2)12-7-9-13(23-3)10-8-12/h4-11H,1-3H3. The highest BCUT2D eigenvalue weighted by atomic mass is 32.2. The lowest BCUT2D eigenvalue weighted by molar-refractivity contribution is -0.139. The van der Waals surface area contributed by atoms with Gasteiger partial charge in [-0.3, -0.25) is 0 Å². The van der Waals surface area contributed by atoms with Gasteiger partial charge in [-0.25, -0.2) is 9.59 Å². The molecule has 0 saturated carbocycles. The van der Waals surface area contributed by atoms with Crippen LogP contribution in [0.1, 0.15) is 0 Å². The molecule has 0 fully saturated rings. The number of nitrogens with zero attached hydrogens (tertiary/aromatic N) is 1. The maximum absolute atomic E-state index is 12.3. The fraction of sp³-hybridized carbons (Fsp3) is 0.176. The zero-order valence-corrected chi connectivity index (χ0v) is 13.9. The van der Waals surface area contributed by atoms with Gasteiger partial charge in [0.1, 0.15) is 5.70 Å². The summed E-state index contributed by atoms with van der Waals surface area (Å²) in [5.41, 5.74) is 0.990. The lowest BCUT2D eigenvalue weighted by atomic mass is 10.1. The minimum atomic E-state index is -0.615. The van der Waals surface area contributed by atoms with Crippen LogP contribution >= 0.6 is 11.8 Å². The zero-order chi connectivity index (χ0) is 16.8. The summed E-state index contributed by atoms with van der Waals surface area (Å²) >= 11 is 1.62. The van der Waals surface area contributed by atoms with Crippen LogP contribution in [-0.2, 0) is 19.1 Å². The number of rotatable bonds is 4. The molecule has 0 spiro atoms. The molecule has 0 radical (unpaired) electrons. The van der Waals surface area contributed by atoms with E-state index in [1.165, 1.54) is 20.3 Å². The molecule has 1 aromatic rings. The highest BCUT2D eigenvalue weighted by molar-refractivity contribution is 7.98. The summed E-state index contributed by atoms with van der Waals surface area (Å²) in [6.07, 6.45) is 8.63. The van der Waals surface area contributed by atoms with Gasteiger partial charge in [0.25, 0.3) is 0 Å². The Kier molecular flexibility index (Phi) is 5.65. The number of hydrogen-bond donors (Lipinski definition) is 0. The van der Waals surface area contributed by atoms with Crippen molar-refractivity contribution in [3.05, 3.63) is 60.0 Å². The molecule has 0 aromatic heterocycles. The van der Waals surface area contributed by atoms with E-state index < -0.39 is 11.9 Å². The SMILES string of the molecule is COC(=O)C1=C(C(=O)OC)N(c2ccc(SC)cc2)C=CC=C1. The first-order valence-electron chi connectivity index (χ1n) is 6.81. The van der Waals surface area contributed by atoms with Crippen LogP contribution in [0, 0.1) is 0 Å². The van der Waals surface area contributed by atoms with E-state index in [1.54, 1.807) is 35.0 Å². The first kappa shape index (κ1) is 16.9. The van der Waals surface area contributed by atoms with Crippen LogP contribution in [0.4, 0.5) is 5.69 Å².